The lowest BCUT2D eigenvalue weighted by Crippen LogP contribution is -2.42. The number of piperidine rings is 1. The minimum absolute atomic E-state index is 0.0680. The van der Waals surface area contributed by atoms with E-state index in [1.807, 2.05) is 16.3 Å². The van der Waals surface area contributed by atoms with Crippen LogP contribution in [-0.2, 0) is 16.1 Å². The largest absolute Gasteiger partial charge is 0.461 e. The molecule has 0 spiro atoms. The van der Waals surface area contributed by atoms with Crippen molar-refractivity contribution in [3.05, 3.63) is 32.2 Å². The highest BCUT2D eigenvalue weighted by Crippen LogP contribution is 2.29. The Balaban J connectivity index is 1.54. The summed E-state index contributed by atoms with van der Waals surface area (Å²) in [5.41, 5.74) is -0.944. The molecule has 1 saturated heterocycles. The van der Waals surface area contributed by atoms with E-state index in [0.29, 0.717) is 32.5 Å². The molecule has 12 heteroatoms. The van der Waals surface area contributed by atoms with E-state index in [1.165, 1.54) is 0 Å². The zero-order valence-electron chi connectivity index (χ0n) is 16.3. The van der Waals surface area contributed by atoms with Gasteiger partial charge < -0.3 is 10.1 Å². The second-order valence-corrected chi connectivity index (χ2v) is 8.72. The standard InChI is InChI=1S/C18H22BrF2N5O3S/c1-2-29-18(28)15-16(17(20)21)26(24-23-15)12-3-5-25(6-4-12)9-14(27)22-8-13-7-11(19)10-30-13/h7,10,12,17H,2-6,8-9H2,1H3,(H,22,27). The number of hydrogen-bond acceptors (Lipinski definition) is 7. The summed E-state index contributed by atoms with van der Waals surface area (Å²) in [4.78, 5) is 27.1. The molecule has 2 aromatic heterocycles. The molecule has 3 rings (SSSR count). The monoisotopic (exact) mass is 505 g/mol. The van der Waals surface area contributed by atoms with Crippen LogP contribution in [0.1, 0.15) is 53.3 Å². The smallest absolute Gasteiger partial charge is 0.361 e. The minimum atomic E-state index is -2.89. The summed E-state index contributed by atoms with van der Waals surface area (Å²) >= 11 is 4.94. The van der Waals surface area contributed by atoms with E-state index in [2.05, 4.69) is 31.6 Å². The number of aromatic nitrogens is 3. The fourth-order valence-corrected chi connectivity index (χ4v) is 4.72. The molecule has 2 aromatic rings. The lowest BCUT2D eigenvalue weighted by atomic mass is 10.0. The van der Waals surface area contributed by atoms with Crippen molar-refractivity contribution < 1.29 is 23.1 Å². The van der Waals surface area contributed by atoms with Crippen molar-refractivity contribution >= 4 is 39.1 Å². The van der Waals surface area contributed by atoms with Crippen LogP contribution in [0.25, 0.3) is 0 Å². The maximum absolute atomic E-state index is 13.6. The second-order valence-electron chi connectivity index (χ2n) is 6.80. The third-order valence-corrected chi connectivity index (χ3v) is 6.46. The highest BCUT2D eigenvalue weighted by atomic mass is 79.9. The Morgan fingerprint density at radius 1 is 1.40 bits per heavy atom. The van der Waals surface area contributed by atoms with Gasteiger partial charge in [0.25, 0.3) is 6.43 Å². The zero-order valence-corrected chi connectivity index (χ0v) is 18.7. The maximum atomic E-state index is 13.6. The predicted octanol–water partition coefficient (Wildman–Crippen LogP) is 3.17. The Kier molecular flexibility index (Phi) is 7.89. The number of carbonyl (C=O) groups excluding carboxylic acids is 2. The Hall–Kier alpha value is -1.92. The fourth-order valence-electron chi connectivity index (χ4n) is 3.33. The molecule has 8 nitrogen and oxygen atoms in total. The Morgan fingerprint density at radius 2 is 2.13 bits per heavy atom. The number of nitrogens with one attached hydrogen (secondary N) is 1. The number of amides is 1. The van der Waals surface area contributed by atoms with Gasteiger partial charge in [0.05, 0.1) is 25.7 Å². The van der Waals surface area contributed by atoms with Gasteiger partial charge in [-0.15, -0.1) is 16.4 Å². The predicted molar refractivity (Wildman–Crippen MR) is 110 cm³/mol. The fraction of sp³-hybridized carbons (Fsp3) is 0.556. The molecule has 1 aliphatic rings. The van der Waals surface area contributed by atoms with Crippen LogP contribution in [0.2, 0.25) is 0 Å². The third kappa shape index (κ3) is 5.61. The SMILES string of the molecule is CCOC(=O)c1nnn(C2CCN(CC(=O)NCc3cc(Br)cs3)CC2)c1C(F)F. The number of nitrogens with zero attached hydrogens (tertiary/aromatic N) is 4. The van der Waals surface area contributed by atoms with Gasteiger partial charge in [-0.05, 0) is 41.8 Å². The summed E-state index contributed by atoms with van der Waals surface area (Å²) in [5, 5.41) is 12.3. The molecular formula is C18H22BrF2N5O3S. The molecule has 0 radical (unpaired) electrons. The van der Waals surface area contributed by atoms with Crippen LogP contribution in [0.4, 0.5) is 8.78 Å². The second kappa shape index (κ2) is 10.4. The molecule has 0 aliphatic carbocycles. The molecule has 1 fully saturated rings. The molecule has 164 valence electrons. The summed E-state index contributed by atoms with van der Waals surface area (Å²) < 4.78 is 34.1. The number of halogens is 3. The van der Waals surface area contributed by atoms with Gasteiger partial charge in [0, 0.05) is 27.8 Å². The highest BCUT2D eigenvalue weighted by molar-refractivity contribution is 9.10. The van der Waals surface area contributed by atoms with Gasteiger partial charge in [0.2, 0.25) is 5.91 Å². The maximum Gasteiger partial charge on any atom is 0.361 e. The van der Waals surface area contributed by atoms with Gasteiger partial charge in [0.1, 0.15) is 5.69 Å². The number of rotatable bonds is 8. The van der Waals surface area contributed by atoms with E-state index >= 15 is 0 Å². The Morgan fingerprint density at radius 3 is 2.73 bits per heavy atom. The molecule has 3 heterocycles. The van der Waals surface area contributed by atoms with Crippen LogP contribution in [0.3, 0.4) is 0 Å². The van der Waals surface area contributed by atoms with Crippen molar-refractivity contribution in [1.29, 1.82) is 0 Å². The topological polar surface area (TPSA) is 89.3 Å². The van der Waals surface area contributed by atoms with E-state index in [9.17, 15) is 18.4 Å². The summed E-state index contributed by atoms with van der Waals surface area (Å²) in [6.45, 7) is 3.49. The quantitative estimate of drug-likeness (QED) is 0.554. The molecule has 30 heavy (non-hydrogen) atoms. The van der Waals surface area contributed by atoms with Gasteiger partial charge in [-0.1, -0.05) is 5.21 Å². The van der Waals surface area contributed by atoms with E-state index in [4.69, 9.17) is 4.74 Å². The average molecular weight is 506 g/mol. The number of esters is 1. The van der Waals surface area contributed by atoms with Crippen LogP contribution in [0.15, 0.2) is 15.9 Å². The number of thiophene rings is 1. The van der Waals surface area contributed by atoms with E-state index in [-0.39, 0.29) is 25.1 Å². The molecule has 0 aromatic carbocycles. The number of ether oxygens (including phenoxy) is 1. The molecule has 1 aliphatic heterocycles. The minimum Gasteiger partial charge on any atom is -0.461 e. The Labute approximate surface area is 184 Å². The summed E-state index contributed by atoms with van der Waals surface area (Å²) in [5.74, 6) is -0.984. The van der Waals surface area contributed by atoms with Crippen molar-refractivity contribution in [2.24, 2.45) is 0 Å². The first-order valence-corrected chi connectivity index (χ1v) is 11.2. The van der Waals surface area contributed by atoms with Gasteiger partial charge in [-0.25, -0.2) is 18.3 Å². The number of hydrogen-bond donors (Lipinski definition) is 1. The number of likely N-dealkylation sites (tertiary alicyclic amines) is 1. The molecule has 1 amide bonds. The summed E-state index contributed by atoms with van der Waals surface area (Å²) in [6, 6.07) is 1.65. The van der Waals surface area contributed by atoms with Gasteiger partial charge in [-0.2, -0.15) is 0 Å². The number of alkyl halides is 2. The summed E-state index contributed by atoms with van der Waals surface area (Å²) in [7, 11) is 0. The van der Waals surface area contributed by atoms with Crippen molar-refractivity contribution in [2.75, 3.05) is 26.2 Å². The normalized spacial score (nSPS) is 15.5. The van der Waals surface area contributed by atoms with Crippen molar-refractivity contribution in [3.8, 4) is 0 Å². The van der Waals surface area contributed by atoms with Crippen LogP contribution in [0.5, 0.6) is 0 Å². The summed E-state index contributed by atoms with van der Waals surface area (Å²) in [6.07, 6.45) is -1.84. The molecule has 0 unspecified atom stereocenters. The highest BCUT2D eigenvalue weighted by Gasteiger charge is 2.32. The van der Waals surface area contributed by atoms with Gasteiger partial charge in [0.15, 0.2) is 5.69 Å². The van der Waals surface area contributed by atoms with Gasteiger partial charge in [-0.3, -0.25) is 9.69 Å². The average Bonchev–Trinajstić information content (AvgIpc) is 3.33. The molecule has 0 atom stereocenters. The van der Waals surface area contributed by atoms with Crippen molar-refractivity contribution in [1.82, 2.24) is 25.2 Å². The third-order valence-electron chi connectivity index (χ3n) is 4.76. The Bertz CT molecular complexity index is 883. The van der Waals surface area contributed by atoms with Crippen molar-refractivity contribution in [3.63, 3.8) is 0 Å². The first kappa shape index (κ1) is 22.8. The number of carbonyl (C=O) groups is 2. The molecule has 1 N–H and O–H groups in total. The first-order valence-electron chi connectivity index (χ1n) is 9.51. The molecule has 0 saturated carbocycles. The van der Waals surface area contributed by atoms with Crippen LogP contribution in [-0.4, -0.2) is 58.0 Å². The molecule has 0 bridgehead atoms. The van der Waals surface area contributed by atoms with E-state index in [0.717, 1.165) is 14.0 Å². The first-order chi connectivity index (χ1) is 14.4. The lowest BCUT2D eigenvalue weighted by Gasteiger charge is -2.31. The van der Waals surface area contributed by atoms with E-state index in [1.54, 1.807) is 18.3 Å². The van der Waals surface area contributed by atoms with Gasteiger partial charge >= 0.3 is 5.97 Å². The van der Waals surface area contributed by atoms with Crippen LogP contribution in [0, 0.1) is 0 Å². The lowest BCUT2D eigenvalue weighted by molar-refractivity contribution is -0.122. The van der Waals surface area contributed by atoms with Crippen molar-refractivity contribution in [2.45, 2.75) is 38.8 Å². The zero-order chi connectivity index (χ0) is 21.7. The van der Waals surface area contributed by atoms with E-state index < -0.39 is 23.8 Å². The van der Waals surface area contributed by atoms with Crippen LogP contribution < -0.4 is 5.32 Å². The van der Waals surface area contributed by atoms with Crippen LogP contribution >= 0.6 is 27.3 Å². The molecular weight excluding hydrogens is 484 g/mol.